The fourth-order valence-corrected chi connectivity index (χ4v) is 5.32. The van der Waals surface area contributed by atoms with Gasteiger partial charge in [-0.15, -0.1) is 22.0 Å². The Labute approximate surface area is 139 Å². The zero-order chi connectivity index (χ0) is 16.2. The number of carbonyl (C=O) groups excluding carboxylic acids is 2. The minimum absolute atomic E-state index is 0.0179. The Morgan fingerprint density at radius 2 is 2.22 bits per heavy atom. The summed E-state index contributed by atoms with van der Waals surface area (Å²) < 4.78 is 2.07. The maximum atomic E-state index is 12.7. The Bertz CT molecular complexity index is 675. The van der Waals surface area contributed by atoms with Gasteiger partial charge in [-0.05, 0) is 26.7 Å². The number of nitrogens with zero attached hydrogens (tertiary/aromatic N) is 4. The van der Waals surface area contributed by atoms with E-state index in [1.165, 1.54) is 0 Å². The lowest BCUT2D eigenvalue weighted by atomic mass is 10.1. The van der Waals surface area contributed by atoms with Gasteiger partial charge in [0.25, 0.3) is 0 Å². The molecule has 0 aromatic carbocycles. The SMILES string of the molecule is Cc1nnc2n1C[C@H](NC(=O)[C@@H]1CS[C@]3(C)CCC(=O)N13)CC2. The zero-order valence-corrected chi connectivity index (χ0v) is 14.2. The summed E-state index contributed by atoms with van der Waals surface area (Å²) in [6.07, 6.45) is 3.09. The smallest absolute Gasteiger partial charge is 0.243 e. The molecule has 2 saturated heterocycles. The quantitative estimate of drug-likeness (QED) is 0.850. The van der Waals surface area contributed by atoms with Crippen LogP contribution in [0.5, 0.6) is 0 Å². The molecule has 0 radical (unpaired) electrons. The zero-order valence-electron chi connectivity index (χ0n) is 13.4. The normalized spacial score (nSPS) is 32.8. The number of thioether (sulfide) groups is 1. The number of aryl methyl sites for hydroxylation is 2. The van der Waals surface area contributed by atoms with Crippen molar-refractivity contribution in [1.82, 2.24) is 25.0 Å². The lowest BCUT2D eigenvalue weighted by Gasteiger charge is -2.31. The number of hydrogen-bond donors (Lipinski definition) is 1. The highest BCUT2D eigenvalue weighted by molar-refractivity contribution is 8.01. The highest BCUT2D eigenvalue weighted by Crippen LogP contribution is 2.47. The predicted molar refractivity (Wildman–Crippen MR) is 85.7 cm³/mol. The molecule has 0 bridgehead atoms. The average molecular weight is 335 g/mol. The Hall–Kier alpha value is -1.57. The molecule has 1 aromatic rings. The molecule has 8 heteroatoms. The van der Waals surface area contributed by atoms with Crippen LogP contribution in [0.3, 0.4) is 0 Å². The third kappa shape index (κ3) is 2.34. The van der Waals surface area contributed by atoms with Gasteiger partial charge < -0.3 is 14.8 Å². The predicted octanol–water partition coefficient (Wildman–Crippen LogP) is 0.472. The number of fused-ring (bicyclic) bond motifs is 2. The molecule has 7 nitrogen and oxygen atoms in total. The fraction of sp³-hybridized carbons (Fsp3) is 0.733. The van der Waals surface area contributed by atoms with Crippen molar-refractivity contribution in [3.05, 3.63) is 11.6 Å². The van der Waals surface area contributed by atoms with Crippen LogP contribution in [0.15, 0.2) is 0 Å². The highest BCUT2D eigenvalue weighted by atomic mass is 32.2. The summed E-state index contributed by atoms with van der Waals surface area (Å²) in [6.45, 7) is 4.72. The maximum absolute atomic E-state index is 12.7. The third-order valence-corrected chi connectivity index (χ3v) is 6.73. The van der Waals surface area contributed by atoms with Gasteiger partial charge in [0.05, 0.1) is 4.87 Å². The summed E-state index contributed by atoms with van der Waals surface area (Å²) in [5, 5.41) is 11.4. The Kier molecular flexibility index (Phi) is 3.40. The van der Waals surface area contributed by atoms with Crippen LogP contribution in [0.25, 0.3) is 0 Å². The summed E-state index contributed by atoms with van der Waals surface area (Å²) >= 11 is 1.73. The topological polar surface area (TPSA) is 80.1 Å². The number of rotatable bonds is 2. The van der Waals surface area contributed by atoms with Gasteiger partial charge in [-0.25, -0.2) is 0 Å². The molecule has 3 aliphatic rings. The Balaban J connectivity index is 1.45. The van der Waals surface area contributed by atoms with E-state index in [-0.39, 0.29) is 28.8 Å². The van der Waals surface area contributed by atoms with Gasteiger partial charge in [-0.1, -0.05) is 0 Å². The Morgan fingerprint density at radius 1 is 1.39 bits per heavy atom. The van der Waals surface area contributed by atoms with E-state index in [1.54, 1.807) is 11.8 Å². The Morgan fingerprint density at radius 3 is 3.04 bits per heavy atom. The van der Waals surface area contributed by atoms with Crippen LogP contribution in [0.2, 0.25) is 0 Å². The van der Waals surface area contributed by atoms with Gasteiger partial charge in [0.2, 0.25) is 11.8 Å². The maximum Gasteiger partial charge on any atom is 0.243 e. The minimum atomic E-state index is -0.330. The molecule has 3 atom stereocenters. The molecule has 4 rings (SSSR count). The summed E-state index contributed by atoms with van der Waals surface area (Å²) in [4.78, 5) is 26.5. The first kappa shape index (κ1) is 15.0. The number of aromatic nitrogens is 3. The van der Waals surface area contributed by atoms with Crippen LogP contribution in [-0.4, -0.2) is 54.2 Å². The van der Waals surface area contributed by atoms with Gasteiger partial charge in [0.15, 0.2) is 0 Å². The molecule has 3 aliphatic heterocycles. The molecule has 1 N–H and O–H groups in total. The van der Waals surface area contributed by atoms with Crippen molar-refractivity contribution in [2.45, 2.75) is 63.0 Å². The van der Waals surface area contributed by atoms with Crippen molar-refractivity contribution >= 4 is 23.6 Å². The van der Waals surface area contributed by atoms with E-state index < -0.39 is 0 Å². The summed E-state index contributed by atoms with van der Waals surface area (Å²) in [6, 6.07) is -0.248. The number of hydrogen-bond acceptors (Lipinski definition) is 5. The first-order valence-electron chi connectivity index (χ1n) is 8.13. The number of carbonyl (C=O) groups is 2. The first-order chi connectivity index (χ1) is 11.0. The average Bonchev–Trinajstić information content (AvgIpc) is 3.14. The van der Waals surface area contributed by atoms with Crippen LogP contribution in [0.4, 0.5) is 0 Å². The van der Waals surface area contributed by atoms with Crippen LogP contribution in [0.1, 0.15) is 37.8 Å². The molecular weight excluding hydrogens is 314 g/mol. The molecule has 0 aliphatic carbocycles. The standard InChI is InChI=1S/C15H21N5O2S/c1-9-17-18-12-4-3-10(7-19(9)12)16-14(22)11-8-23-15(2)6-5-13(21)20(11)15/h10-11H,3-8H2,1-2H3,(H,16,22)/t10-,11+,15-/m1/s1. The third-order valence-electron chi connectivity index (χ3n) is 5.23. The van der Waals surface area contributed by atoms with Gasteiger partial charge in [-0.3, -0.25) is 9.59 Å². The molecular formula is C15H21N5O2S. The second-order valence-corrected chi connectivity index (χ2v) is 8.29. The highest BCUT2D eigenvalue weighted by Gasteiger charge is 2.53. The molecule has 1 aromatic heterocycles. The van der Waals surface area contributed by atoms with Crippen LogP contribution in [0, 0.1) is 6.92 Å². The number of amides is 2. The van der Waals surface area contributed by atoms with E-state index >= 15 is 0 Å². The second kappa shape index (κ2) is 5.22. The van der Waals surface area contributed by atoms with Crippen molar-refractivity contribution in [3.8, 4) is 0 Å². The lowest BCUT2D eigenvalue weighted by Crippen LogP contribution is -2.53. The molecule has 0 spiro atoms. The van der Waals surface area contributed by atoms with E-state index in [1.807, 2.05) is 11.8 Å². The minimum Gasteiger partial charge on any atom is -0.350 e. The van der Waals surface area contributed by atoms with Crippen molar-refractivity contribution in [3.63, 3.8) is 0 Å². The number of nitrogens with one attached hydrogen (secondary N) is 1. The van der Waals surface area contributed by atoms with E-state index in [4.69, 9.17) is 0 Å². The van der Waals surface area contributed by atoms with Gasteiger partial charge in [0.1, 0.15) is 17.7 Å². The molecule has 23 heavy (non-hydrogen) atoms. The summed E-state index contributed by atoms with van der Waals surface area (Å²) in [5.74, 6) is 2.66. The summed E-state index contributed by atoms with van der Waals surface area (Å²) in [7, 11) is 0. The first-order valence-corrected chi connectivity index (χ1v) is 9.12. The van der Waals surface area contributed by atoms with Crippen molar-refractivity contribution in [2.24, 2.45) is 0 Å². The monoisotopic (exact) mass is 335 g/mol. The largest absolute Gasteiger partial charge is 0.350 e. The van der Waals surface area contributed by atoms with Gasteiger partial charge >= 0.3 is 0 Å². The molecule has 0 saturated carbocycles. The van der Waals surface area contributed by atoms with Crippen molar-refractivity contribution in [2.75, 3.05) is 5.75 Å². The van der Waals surface area contributed by atoms with Crippen LogP contribution >= 0.6 is 11.8 Å². The summed E-state index contributed by atoms with van der Waals surface area (Å²) in [5.41, 5.74) is 0. The van der Waals surface area contributed by atoms with E-state index in [2.05, 4.69) is 27.0 Å². The second-order valence-electron chi connectivity index (χ2n) is 6.78. The van der Waals surface area contributed by atoms with Crippen LogP contribution in [-0.2, 0) is 22.6 Å². The van der Waals surface area contributed by atoms with E-state index in [0.29, 0.717) is 18.7 Å². The molecule has 2 fully saturated rings. The molecule has 4 heterocycles. The van der Waals surface area contributed by atoms with Gasteiger partial charge in [-0.2, -0.15) is 0 Å². The molecule has 2 amide bonds. The van der Waals surface area contributed by atoms with Crippen molar-refractivity contribution in [1.29, 1.82) is 0 Å². The van der Waals surface area contributed by atoms with E-state index in [0.717, 1.165) is 30.9 Å². The van der Waals surface area contributed by atoms with Crippen molar-refractivity contribution < 1.29 is 9.59 Å². The fourth-order valence-electron chi connectivity index (χ4n) is 3.89. The van der Waals surface area contributed by atoms with Crippen LogP contribution < -0.4 is 5.32 Å². The molecule has 124 valence electrons. The van der Waals surface area contributed by atoms with Gasteiger partial charge in [0, 0.05) is 31.2 Å². The van der Waals surface area contributed by atoms with E-state index in [9.17, 15) is 9.59 Å². The lowest BCUT2D eigenvalue weighted by molar-refractivity contribution is -0.138. The molecule has 0 unspecified atom stereocenters.